The lowest BCUT2D eigenvalue weighted by Crippen LogP contribution is -2.38. The van der Waals surface area contributed by atoms with Crippen molar-refractivity contribution in [3.8, 4) is 0 Å². The summed E-state index contributed by atoms with van der Waals surface area (Å²) < 4.78 is 5.30. The topological polar surface area (TPSA) is 29.5 Å². The third-order valence-corrected chi connectivity index (χ3v) is 3.81. The molecule has 3 nitrogen and oxygen atoms in total. The molecule has 0 radical (unpaired) electrons. The highest BCUT2D eigenvalue weighted by atomic mass is 16.5. The van der Waals surface area contributed by atoms with Gasteiger partial charge in [-0.05, 0) is 26.2 Å². The maximum atomic E-state index is 12.1. The molecular weight excluding hydrogens is 214 g/mol. The minimum atomic E-state index is 0.293. The van der Waals surface area contributed by atoms with Crippen molar-refractivity contribution in [1.82, 2.24) is 4.90 Å². The number of carbonyl (C=O) groups excluding carboxylic acids is 1. The second-order valence-electron chi connectivity index (χ2n) is 5.20. The smallest absolute Gasteiger partial charge is 0.137 e. The zero-order chi connectivity index (χ0) is 12.1. The summed E-state index contributed by atoms with van der Waals surface area (Å²) in [5.74, 6) is 0.755. The molecule has 0 aromatic rings. The molecule has 3 heteroatoms. The van der Waals surface area contributed by atoms with Gasteiger partial charge in [-0.3, -0.25) is 9.69 Å². The molecule has 1 atom stereocenters. The van der Waals surface area contributed by atoms with Gasteiger partial charge in [-0.25, -0.2) is 0 Å². The van der Waals surface area contributed by atoms with Crippen LogP contribution in [0.5, 0.6) is 0 Å². The van der Waals surface area contributed by atoms with Gasteiger partial charge in [0.2, 0.25) is 0 Å². The van der Waals surface area contributed by atoms with Crippen LogP contribution < -0.4 is 0 Å². The van der Waals surface area contributed by atoms with Crippen molar-refractivity contribution >= 4 is 5.78 Å². The van der Waals surface area contributed by atoms with Crippen molar-refractivity contribution in [2.45, 2.75) is 32.6 Å². The fraction of sp³-hybridized carbons (Fsp3) is 0.786. The molecular formula is C14H23NO2. The Morgan fingerprint density at radius 3 is 2.94 bits per heavy atom. The lowest BCUT2D eigenvalue weighted by atomic mass is 9.85. The van der Waals surface area contributed by atoms with E-state index in [0.29, 0.717) is 11.7 Å². The first-order valence-electron chi connectivity index (χ1n) is 6.74. The zero-order valence-corrected chi connectivity index (χ0v) is 10.8. The van der Waals surface area contributed by atoms with E-state index in [4.69, 9.17) is 4.74 Å². The van der Waals surface area contributed by atoms with E-state index in [0.717, 1.165) is 58.5 Å². The molecule has 0 amide bonds. The molecule has 1 aliphatic carbocycles. The van der Waals surface area contributed by atoms with Crippen LogP contribution in [0.4, 0.5) is 0 Å². The average molecular weight is 237 g/mol. The standard InChI is InChI=1S/C14H23NO2/c1-12-3-2-4-13(11-12)14(16)5-6-15-7-9-17-10-8-15/h3,13H,2,4-11H2,1H3. The van der Waals surface area contributed by atoms with Crippen molar-refractivity contribution in [2.75, 3.05) is 32.8 Å². The van der Waals surface area contributed by atoms with E-state index in [1.54, 1.807) is 0 Å². The van der Waals surface area contributed by atoms with Gasteiger partial charge in [0.15, 0.2) is 0 Å². The fourth-order valence-electron chi connectivity index (χ4n) is 2.68. The van der Waals surface area contributed by atoms with Crippen LogP contribution >= 0.6 is 0 Å². The zero-order valence-electron chi connectivity index (χ0n) is 10.8. The molecule has 1 unspecified atom stereocenters. The lowest BCUT2D eigenvalue weighted by molar-refractivity contribution is -0.123. The molecule has 1 fully saturated rings. The highest BCUT2D eigenvalue weighted by molar-refractivity contribution is 5.81. The highest BCUT2D eigenvalue weighted by Gasteiger charge is 2.21. The molecule has 0 N–H and O–H groups in total. The van der Waals surface area contributed by atoms with E-state index in [2.05, 4.69) is 17.9 Å². The first-order valence-corrected chi connectivity index (χ1v) is 6.74. The molecule has 1 saturated heterocycles. The molecule has 0 bridgehead atoms. The van der Waals surface area contributed by atoms with Gasteiger partial charge in [0.1, 0.15) is 5.78 Å². The number of nitrogens with zero attached hydrogens (tertiary/aromatic N) is 1. The van der Waals surface area contributed by atoms with Gasteiger partial charge in [-0.15, -0.1) is 0 Å². The lowest BCUT2D eigenvalue weighted by Gasteiger charge is -2.27. The first kappa shape index (κ1) is 12.8. The Morgan fingerprint density at radius 2 is 2.24 bits per heavy atom. The van der Waals surface area contributed by atoms with Gasteiger partial charge in [-0.2, -0.15) is 0 Å². The normalized spacial score (nSPS) is 26.6. The van der Waals surface area contributed by atoms with Crippen molar-refractivity contribution < 1.29 is 9.53 Å². The van der Waals surface area contributed by atoms with Crippen LogP contribution in [-0.4, -0.2) is 43.5 Å². The predicted molar refractivity (Wildman–Crippen MR) is 68.0 cm³/mol. The van der Waals surface area contributed by atoms with Crippen LogP contribution in [0.15, 0.2) is 11.6 Å². The average Bonchev–Trinajstić information content (AvgIpc) is 2.37. The number of ether oxygens (including phenoxy) is 1. The number of morpholine rings is 1. The molecule has 0 aromatic heterocycles. The number of Topliss-reactive ketones (excluding diaryl/α,β-unsaturated/α-hetero) is 1. The fourth-order valence-corrected chi connectivity index (χ4v) is 2.68. The molecule has 2 aliphatic rings. The van der Waals surface area contributed by atoms with Crippen molar-refractivity contribution in [3.05, 3.63) is 11.6 Å². The molecule has 0 saturated carbocycles. The summed E-state index contributed by atoms with van der Waals surface area (Å²) >= 11 is 0. The van der Waals surface area contributed by atoms with Crippen LogP contribution in [0, 0.1) is 5.92 Å². The summed E-state index contributed by atoms with van der Waals surface area (Å²) in [6.07, 6.45) is 6.12. The van der Waals surface area contributed by atoms with E-state index in [-0.39, 0.29) is 0 Å². The summed E-state index contributed by atoms with van der Waals surface area (Å²) in [5.41, 5.74) is 1.39. The number of allylic oxidation sites excluding steroid dienone is 2. The maximum absolute atomic E-state index is 12.1. The molecule has 96 valence electrons. The van der Waals surface area contributed by atoms with E-state index in [1.807, 2.05) is 0 Å². The van der Waals surface area contributed by atoms with Crippen LogP contribution in [0.2, 0.25) is 0 Å². The summed E-state index contributed by atoms with van der Waals surface area (Å²) in [6, 6.07) is 0. The van der Waals surface area contributed by atoms with E-state index in [9.17, 15) is 4.79 Å². The SMILES string of the molecule is CC1=CCCC(C(=O)CCN2CCOCC2)C1. The monoisotopic (exact) mass is 237 g/mol. The Kier molecular flexibility index (Phi) is 4.75. The van der Waals surface area contributed by atoms with Crippen molar-refractivity contribution in [1.29, 1.82) is 0 Å². The second-order valence-corrected chi connectivity index (χ2v) is 5.20. The van der Waals surface area contributed by atoms with Crippen LogP contribution in [0.3, 0.4) is 0 Å². The molecule has 17 heavy (non-hydrogen) atoms. The Balaban J connectivity index is 1.71. The maximum Gasteiger partial charge on any atom is 0.137 e. The quantitative estimate of drug-likeness (QED) is 0.701. The largest absolute Gasteiger partial charge is 0.379 e. The summed E-state index contributed by atoms with van der Waals surface area (Å²) in [7, 11) is 0. The van der Waals surface area contributed by atoms with Crippen LogP contribution in [0.1, 0.15) is 32.6 Å². The number of ketones is 1. The number of rotatable bonds is 4. The molecule has 0 aromatic carbocycles. The van der Waals surface area contributed by atoms with Crippen LogP contribution in [-0.2, 0) is 9.53 Å². The Hall–Kier alpha value is -0.670. The van der Waals surface area contributed by atoms with Gasteiger partial charge >= 0.3 is 0 Å². The third kappa shape index (κ3) is 3.93. The molecule has 0 spiro atoms. The summed E-state index contributed by atoms with van der Waals surface area (Å²) in [6.45, 7) is 6.66. The van der Waals surface area contributed by atoms with Crippen molar-refractivity contribution in [2.24, 2.45) is 5.92 Å². The van der Waals surface area contributed by atoms with Crippen molar-refractivity contribution in [3.63, 3.8) is 0 Å². The van der Waals surface area contributed by atoms with Gasteiger partial charge < -0.3 is 4.74 Å². The van der Waals surface area contributed by atoms with Gasteiger partial charge in [-0.1, -0.05) is 11.6 Å². The van der Waals surface area contributed by atoms with Gasteiger partial charge in [0.05, 0.1) is 13.2 Å². The number of hydrogen-bond acceptors (Lipinski definition) is 3. The second kappa shape index (κ2) is 6.31. The summed E-state index contributed by atoms with van der Waals surface area (Å²) in [4.78, 5) is 14.4. The first-order chi connectivity index (χ1) is 8.25. The van der Waals surface area contributed by atoms with E-state index in [1.165, 1.54) is 5.57 Å². The number of carbonyl (C=O) groups is 1. The van der Waals surface area contributed by atoms with Gasteiger partial charge in [0, 0.05) is 32.0 Å². The highest BCUT2D eigenvalue weighted by Crippen LogP contribution is 2.25. The summed E-state index contributed by atoms with van der Waals surface area (Å²) in [5, 5.41) is 0. The minimum absolute atomic E-state index is 0.293. The molecule has 1 heterocycles. The number of hydrogen-bond donors (Lipinski definition) is 0. The minimum Gasteiger partial charge on any atom is -0.379 e. The van der Waals surface area contributed by atoms with E-state index >= 15 is 0 Å². The van der Waals surface area contributed by atoms with Gasteiger partial charge in [0.25, 0.3) is 0 Å². The molecule has 1 aliphatic heterocycles. The molecule has 2 rings (SSSR count). The van der Waals surface area contributed by atoms with Crippen LogP contribution in [0.25, 0.3) is 0 Å². The Bertz CT molecular complexity index is 293. The Labute approximate surface area is 104 Å². The Morgan fingerprint density at radius 1 is 1.47 bits per heavy atom. The third-order valence-electron chi connectivity index (χ3n) is 3.81. The predicted octanol–water partition coefficient (Wildman–Crippen LogP) is 2.02. The van der Waals surface area contributed by atoms with E-state index < -0.39 is 0 Å².